The maximum Gasteiger partial charge on any atom is 0.387 e. The predicted octanol–water partition coefficient (Wildman–Crippen LogP) is 1.43. The Morgan fingerprint density at radius 1 is 1.53 bits per heavy atom. The van der Waals surface area contributed by atoms with Crippen LogP contribution >= 0.6 is 0 Å². The average molecular weight is 247 g/mol. The number of amides is 2. The molecule has 0 saturated heterocycles. The fraction of sp³-hybridized carbons (Fsp3) is 0.111. The number of primary amides is 1. The molecular weight excluding hydrogens is 239 g/mol. The molecule has 0 aliphatic carbocycles. The zero-order chi connectivity index (χ0) is 12.8. The molecule has 8 heteroatoms. The SMILES string of the molecule is NC(=O)NN=Cc1ccc(OC(F)F)c(F)c1. The van der Waals surface area contributed by atoms with E-state index >= 15 is 0 Å². The second-order valence-corrected chi connectivity index (χ2v) is 2.80. The van der Waals surface area contributed by atoms with E-state index in [0.29, 0.717) is 0 Å². The van der Waals surface area contributed by atoms with Crippen molar-refractivity contribution in [1.29, 1.82) is 0 Å². The fourth-order valence-corrected chi connectivity index (χ4v) is 0.959. The smallest absolute Gasteiger partial charge is 0.387 e. The molecule has 0 radical (unpaired) electrons. The first-order valence-corrected chi connectivity index (χ1v) is 4.32. The van der Waals surface area contributed by atoms with Gasteiger partial charge in [0.05, 0.1) is 6.21 Å². The van der Waals surface area contributed by atoms with Crippen LogP contribution in [0.15, 0.2) is 23.3 Å². The van der Waals surface area contributed by atoms with Crippen LogP contribution in [0, 0.1) is 5.82 Å². The van der Waals surface area contributed by atoms with Gasteiger partial charge in [-0.3, -0.25) is 0 Å². The van der Waals surface area contributed by atoms with Crippen molar-refractivity contribution in [3.05, 3.63) is 29.6 Å². The van der Waals surface area contributed by atoms with Gasteiger partial charge >= 0.3 is 12.6 Å². The monoisotopic (exact) mass is 247 g/mol. The molecule has 1 aromatic rings. The van der Waals surface area contributed by atoms with E-state index in [2.05, 4.69) is 9.84 Å². The average Bonchev–Trinajstić information content (AvgIpc) is 2.21. The second kappa shape index (κ2) is 5.73. The zero-order valence-corrected chi connectivity index (χ0v) is 8.36. The van der Waals surface area contributed by atoms with Gasteiger partial charge < -0.3 is 10.5 Å². The van der Waals surface area contributed by atoms with Crippen molar-refractivity contribution < 1.29 is 22.7 Å². The number of carbonyl (C=O) groups is 1. The van der Waals surface area contributed by atoms with Gasteiger partial charge in [-0.15, -0.1) is 0 Å². The molecule has 0 atom stereocenters. The normalized spacial score (nSPS) is 10.8. The number of alkyl halides is 2. The third-order valence-corrected chi connectivity index (χ3v) is 1.56. The molecule has 0 heterocycles. The third kappa shape index (κ3) is 4.41. The topological polar surface area (TPSA) is 76.7 Å². The molecule has 0 spiro atoms. The molecule has 17 heavy (non-hydrogen) atoms. The summed E-state index contributed by atoms with van der Waals surface area (Å²) in [7, 11) is 0. The number of urea groups is 1. The van der Waals surface area contributed by atoms with Gasteiger partial charge in [0.15, 0.2) is 11.6 Å². The number of hydrogen-bond acceptors (Lipinski definition) is 3. The van der Waals surface area contributed by atoms with E-state index < -0.39 is 24.2 Å². The van der Waals surface area contributed by atoms with Crippen LogP contribution in [0.2, 0.25) is 0 Å². The van der Waals surface area contributed by atoms with Gasteiger partial charge in [0, 0.05) is 0 Å². The van der Waals surface area contributed by atoms with Crippen molar-refractivity contribution in [2.75, 3.05) is 0 Å². The molecule has 0 bridgehead atoms. The predicted molar refractivity (Wildman–Crippen MR) is 53.3 cm³/mol. The van der Waals surface area contributed by atoms with Crippen LogP contribution in [-0.4, -0.2) is 18.9 Å². The molecule has 1 aromatic carbocycles. The number of benzene rings is 1. The van der Waals surface area contributed by atoms with Crippen LogP contribution < -0.4 is 15.9 Å². The number of nitrogens with two attached hydrogens (primary N) is 1. The van der Waals surface area contributed by atoms with Gasteiger partial charge in [-0.1, -0.05) is 0 Å². The van der Waals surface area contributed by atoms with E-state index in [4.69, 9.17) is 5.73 Å². The highest BCUT2D eigenvalue weighted by molar-refractivity contribution is 5.81. The Hall–Kier alpha value is -2.25. The minimum atomic E-state index is -3.10. The minimum absolute atomic E-state index is 0.248. The first-order chi connectivity index (χ1) is 7.99. The summed E-state index contributed by atoms with van der Waals surface area (Å²) in [5.74, 6) is -1.53. The lowest BCUT2D eigenvalue weighted by Crippen LogP contribution is -2.24. The number of halogens is 3. The number of rotatable bonds is 4. The first-order valence-electron chi connectivity index (χ1n) is 4.32. The summed E-state index contributed by atoms with van der Waals surface area (Å²) in [6.07, 6.45) is 1.10. The first kappa shape index (κ1) is 12.8. The summed E-state index contributed by atoms with van der Waals surface area (Å²) in [6.45, 7) is -3.10. The Bertz CT molecular complexity index is 437. The highest BCUT2D eigenvalue weighted by Crippen LogP contribution is 2.19. The van der Waals surface area contributed by atoms with Crippen molar-refractivity contribution in [1.82, 2.24) is 5.43 Å². The second-order valence-electron chi connectivity index (χ2n) is 2.80. The molecule has 0 aromatic heterocycles. The largest absolute Gasteiger partial charge is 0.432 e. The molecule has 3 N–H and O–H groups in total. The lowest BCUT2D eigenvalue weighted by atomic mass is 10.2. The number of hydrazone groups is 1. The van der Waals surface area contributed by atoms with Crippen LogP contribution in [0.1, 0.15) is 5.56 Å². The van der Waals surface area contributed by atoms with Crippen molar-refractivity contribution >= 4 is 12.2 Å². The van der Waals surface area contributed by atoms with Crippen molar-refractivity contribution in [3.63, 3.8) is 0 Å². The number of nitrogens with one attached hydrogen (secondary N) is 1. The van der Waals surface area contributed by atoms with E-state index in [9.17, 15) is 18.0 Å². The maximum atomic E-state index is 13.2. The lowest BCUT2D eigenvalue weighted by molar-refractivity contribution is -0.0521. The van der Waals surface area contributed by atoms with Crippen LogP contribution in [0.25, 0.3) is 0 Å². The van der Waals surface area contributed by atoms with Gasteiger partial charge in [0.2, 0.25) is 0 Å². The standard InChI is InChI=1S/C9H8F3N3O2/c10-6-3-5(4-14-15-9(13)16)1-2-7(6)17-8(11)12/h1-4,8H,(H3,13,15,16). The van der Waals surface area contributed by atoms with Gasteiger partial charge in [0.25, 0.3) is 0 Å². The summed E-state index contributed by atoms with van der Waals surface area (Å²) in [4.78, 5) is 10.3. The molecule has 0 saturated carbocycles. The molecule has 1 rings (SSSR count). The minimum Gasteiger partial charge on any atom is -0.432 e. The van der Waals surface area contributed by atoms with E-state index in [1.165, 1.54) is 6.07 Å². The highest BCUT2D eigenvalue weighted by Gasteiger charge is 2.09. The van der Waals surface area contributed by atoms with Crippen molar-refractivity contribution in [3.8, 4) is 5.75 Å². The Balaban J connectivity index is 2.74. The summed E-state index contributed by atoms with van der Waals surface area (Å²) in [5.41, 5.74) is 6.87. The summed E-state index contributed by atoms with van der Waals surface area (Å²) < 4.78 is 40.7. The fourth-order valence-electron chi connectivity index (χ4n) is 0.959. The molecule has 5 nitrogen and oxygen atoms in total. The number of nitrogens with zero attached hydrogens (tertiary/aromatic N) is 1. The van der Waals surface area contributed by atoms with Gasteiger partial charge in [0.1, 0.15) is 0 Å². The number of ether oxygens (including phenoxy) is 1. The number of hydrogen-bond donors (Lipinski definition) is 2. The van der Waals surface area contributed by atoms with Gasteiger partial charge in [-0.25, -0.2) is 14.6 Å². The molecule has 0 unspecified atom stereocenters. The van der Waals surface area contributed by atoms with Crippen molar-refractivity contribution in [2.24, 2.45) is 10.8 Å². The lowest BCUT2D eigenvalue weighted by Gasteiger charge is -2.05. The molecular formula is C9H8F3N3O2. The Labute approximate surface area is 94.1 Å². The summed E-state index contributed by atoms with van der Waals surface area (Å²) >= 11 is 0. The van der Waals surface area contributed by atoms with E-state index in [1.807, 2.05) is 5.43 Å². The van der Waals surface area contributed by atoms with E-state index in [0.717, 1.165) is 18.3 Å². The van der Waals surface area contributed by atoms with Crippen LogP contribution in [0.4, 0.5) is 18.0 Å². The molecule has 0 aliphatic rings. The van der Waals surface area contributed by atoms with Gasteiger partial charge in [-0.05, 0) is 23.8 Å². The third-order valence-electron chi connectivity index (χ3n) is 1.56. The molecule has 0 fully saturated rings. The quantitative estimate of drug-likeness (QED) is 0.623. The molecule has 0 aliphatic heterocycles. The van der Waals surface area contributed by atoms with Gasteiger partial charge in [-0.2, -0.15) is 13.9 Å². The highest BCUT2D eigenvalue weighted by atomic mass is 19.3. The molecule has 2 amide bonds. The summed E-state index contributed by atoms with van der Waals surface area (Å²) in [5, 5.41) is 3.37. The van der Waals surface area contributed by atoms with Crippen LogP contribution in [0.3, 0.4) is 0 Å². The van der Waals surface area contributed by atoms with E-state index in [-0.39, 0.29) is 5.56 Å². The van der Waals surface area contributed by atoms with E-state index in [1.54, 1.807) is 0 Å². The van der Waals surface area contributed by atoms with Crippen LogP contribution in [-0.2, 0) is 0 Å². The molecule has 92 valence electrons. The zero-order valence-electron chi connectivity index (χ0n) is 8.36. The summed E-state index contributed by atoms with van der Waals surface area (Å²) in [6, 6.07) is 2.35. The Morgan fingerprint density at radius 2 is 2.24 bits per heavy atom. The van der Waals surface area contributed by atoms with Crippen LogP contribution in [0.5, 0.6) is 5.75 Å². The van der Waals surface area contributed by atoms with Crippen molar-refractivity contribution in [2.45, 2.75) is 6.61 Å². The number of carbonyl (C=O) groups excluding carboxylic acids is 1. The maximum absolute atomic E-state index is 13.2. The Kier molecular flexibility index (Phi) is 4.32. The Morgan fingerprint density at radius 3 is 2.76 bits per heavy atom.